The van der Waals surface area contributed by atoms with Crippen molar-refractivity contribution in [2.24, 2.45) is 11.7 Å². The Kier molecular flexibility index (Phi) is 4.21. The molecule has 0 bridgehead atoms. The molecule has 2 nitrogen and oxygen atoms in total. The van der Waals surface area contributed by atoms with E-state index in [-0.39, 0.29) is 6.04 Å². The maximum Gasteiger partial charge on any atom is 0.0281 e. The van der Waals surface area contributed by atoms with Crippen molar-refractivity contribution >= 4 is 0 Å². The van der Waals surface area contributed by atoms with Crippen LogP contribution in [0.3, 0.4) is 0 Å². The fourth-order valence-corrected chi connectivity index (χ4v) is 1.79. The summed E-state index contributed by atoms with van der Waals surface area (Å²) in [6.45, 7) is 7.67. The van der Waals surface area contributed by atoms with E-state index in [0.717, 1.165) is 12.5 Å². The molecule has 0 saturated heterocycles. The van der Waals surface area contributed by atoms with E-state index in [2.05, 4.69) is 36.9 Å². The predicted octanol–water partition coefficient (Wildman–Crippen LogP) is 2.94. The second kappa shape index (κ2) is 5.20. The van der Waals surface area contributed by atoms with Gasteiger partial charge in [0, 0.05) is 25.0 Å². The quantitative estimate of drug-likeness (QED) is 0.767. The number of rotatable bonds is 5. The van der Waals surface area contributed by atoms with E-state index in [1.54, 1.807) is 0 Å². The van der Waals surface area contributed by atoms with E-state index in [1.807, 2.05) is 6.92 Å². The molecule has 0 radical (unpaired) electrons. The summed E-state index contributed by atoms with van der Waals surface area (Å²) in [5, 5.41) is 0. The minimum Gasteiger partial charge on any atom is -0.354 e. The molecule has 14 heavy (non-hydrogen) atoms. The van der Waals surface area contributed by atoms with Crippen molar-refractivity contribution in [1.29, 1.82) is 0 Å². The molecule has 0 saturated carbocycles. The lowest BCUT2D eigenvalue weighted by molar-refractivity contribution is 0.446. The summed E-state index contributed by atoms with van der Waals surface area (Å²) in [6.07, 6.45) is 6.86. The van der Waals surface area contributed by atoms with Crippen molar-refractivity contribution in [3.63, 3.8) is 0 Å². The van der Waals surface area contributed by atoms with Gasteiger partial charge in [-0.15, -0.1) is 0 Å². The molecular weight excluding hydrogens is 172 g/mol. The highest BCUT2D eigenvalue weighted by Gasteiger charge is 2.04. The van der Waals surface area contributed by atoms with Crippen LogP contribution in [0.2, 0.25) is 0 Å². The lowest BCUT2D eigenvalue weighted by Gasteiger charge is -2.10. The van der Waals surface area contributed by atoms with E-state index in [1.165, 1.54) is 18.4 Å². The number of hydrogen-bond donors (Lipinski definition) is 1. The highest BCUT2D eigenvalue weighted by atomic mass is 14.9. The Labute approximate surface area is 87.1 Å². The highest BCUT2D eigenvalue weighted by Crippen LogP contribution is 2.13. The van der Waals surface area contributed by atoms with Gasteiger partial charge in [0.15, 0.2) is 0 Å². The largest absolute Gasteiger partial charge is 0.354 e. The Morgan fingerprint density at radius 2 is 2.14 bits per heavy atom. The Bertz CT molecular complexity index is 263. The minimum atomic E-state index is 0.151. The van der Waals surface area contributed by atoms with Gasteiger partial charge in [0.25, 0.3) is 0 Å². The van der Waals surface area contributed by atoms with Crippen molar-refractivity contribution in [3.8, 4) is 0 Å². The molecule has 0 aliphatic rings. The van der Waals surface area contributed by atoms with Crippen LogP contribution in [0.4, 0.5) is 0 Å². The third-order valence-corrected chi connectivity index (χ3v) is 2.60. The SMILES string of the molecule is CCCC(C)Cn1ccc(C(C)N)c1. The van der Waals surface area contributed by atoms with Crippen LogP contribution < -0.4 is 5.73 Å². The van der Waals surface area contributed by atoms with E-state index in [0.29, 0.717) is 0 Å². The molecule has 0 amide bonds. The van der Waals surface area contributed by atoms with Gasteiger partial charge in [-0.25, -0.2) is 0 Å². The smallest absolute Gasteiger partial charge is 0.0281 e. The Morgan fingerprint density at radius 1 is 1.43 bits per heavy atom. The van der Waals surface area contributed by atoms with Crippen LogP contribution in [0, 0.1) is 5.92 Å². The summed E-state index contributed by atoms with van der Waals surface area (Å²) >= 11 is 0. The number of nitrogens with two attached hydrogens (primary N) is 1. The van der Waals surface area contributed by atoms with Gasteiger partial charge in [0.05, 0.1) is 0 Å². The van der Waals surface area contributed by atoms with Crippen molar-refractivity contribution in [1.82, 2.24) is 4.57 Å². The summed E-state index contributed by atoms with van der Waals surface area (Å²) in [5.74, 6) is 0.758. The van der Waals surface area contributed by atoms with Crippen LogP contribution >= 0.6 is 0 Å². The van der Waals surface area contributed by atoms with Gasteiger partial charge >= 0.3 is 0 Å². The molecule has 0 fully saturated rings. The number of nitrogens with zero attached hydrogens (tertiary/aromatic N) is 1. The van der Waals surface area contributed by atoms with Gasteiger partial charge in [-0.05, 0) is 30.9 Å². The van der Waals surface area contributed by atoms with Gasteiger partial charge in [0.1, 0.15) is 0 Å². The summed E-state index contributed by atoms with van der Waals surface area (Å²) in [6, 6.07) is 2.27. The van der Waals surface area contributed by atoms with E-state index in [9.17, 15) is 0 Å². The maximum atomic E-state index is 5.80. The first-order valence-corrected chi connectivity index (χ1v) is 5.54. The van der Waals surface area contributed by atoms with Crippen molar-refractivity contribution < 1.29 is 0 Å². The molecule has 1 aromatic rings. The van der Waals surface area contributed by atoms with Crippen molar-refractivity contribution in [2.75, 3.05) is 0 Å². The second-order valence-corrected chi connectivity index (χ2v) is 4.32. The van der Waals surface area contributed by atoms with Crippen molar-refractivity contribution in [3.05, 3.63) is 24.0 Å². The normalized spacial score (nSPS) is 15.4. The highest BCUT2D eigenvalue weighted by molar-refractivity contribution is 5.13. The van der Waals surface area contributed by atoms with E-state index >= 15 is 0 Å². The Morgan fingerprint density at radius 3 is 2.64 bits per heavy atom. The molecule has 2 atom stereocenters. The molecule has 2 unspecified atom stereocenters. The lowest BCUT2D eigenvalue weighted by atomic mass is 10.1. The molecule has 0 spiro atoms. The molecular formula is C12H22N2. The Hall–Kier alpha value is -0.760. The average Bonchev–Trinajstić information content (AvgIpc) is 2.53. The van der Waals surface area contributed by atoms with Crippen LogP contribution in [0.15, 0.2) is 18.5 Å². The molecule has 2 heteroatoms. The molecule has 1 aromatic heterocycles. The summed E-state index contributed by atoms with van der Waals surface area (Å²) in [4.78, 5) is 0. The van der Waals surface area contributed by atoms with Crippen LogP contribution in [-0.4, -0.2) is 4.57 Å². The Balaban J connectivity index is 2.51. The van der Waals surface area contributed by atoms with Crippen LogP contribution in [-0.2, 0) is 6.54 Å². The standard InChI is InChI=1S/C12H22N2/c1-4-5-10(2)8-14-7-6-12(9-14)11(3)13/h6-7,9-11H,4-5,8,13H2,1-3H3. The van der Waals surface area contributed by atoms with Gasteiger partial charge < -0.3 is 10.3 Å². The lowest BCUT2D eigenvalue weighted by Crippen LogP contribution is -2.06. The molecule has 0 aromatic carbocycles. The first kappa shape index (κ1) is 11.3. The monoisotopic (exact) mass is 194 g/mol. The molecule has 1 heterocycles. The maximum absolute atomic E-state index is 5.80. The molecule has 2 N–H and O–H groups in total. The summed E-state index contributed by atoms with van der Waals surface area (Å²) in [7, 11) is 0. The van der Waals surface area contributed by atoms with Crippen molar-refractivity contribution in [2.45, 2.75) is 46.2 Å². The van der Waals surface area contributed by atoms with Gasteiger partial charge in [-0.3, -0.25) is 0 Å². The average molecular weight is 194 g/mol. The van der Waals surface area contributed by atoms with Gasteiger partial charge in [-0.1, -0.05) is 20.3 Å². The zero-order valence-electron chi connectivity index (χ0n) is 9.53. The van der Waals surface area contributed by atoms with Crippen LogP contribution in [0.5, 0.6) is 0 Å². The number of aromatic nitrogens is 1. The van der Waals surface area contributed by atoms with E-state index < -0.39 is 0 Å². The third-order valence-electron chi connectivity index (χ3n) is 2.60. The van der Waals surface area contributed by atoms with Crippen LogP contribution in [0.1, 0.15) is 45.2 Å². The van der Waals surface area contributed by atoms with E-state index in [4.69, 9.17) is 5.73 Å². The van der Waals surface area contributed by atoms with Crippen LogP contribution in [0.25, 0.3) is 0 Å². The first-order chi connectivity index (χ1) is 6.63. The molecule has 80 valence electrons. The summed E-state index contributed by atoms with van der Waals surface area (Å²) in [5.41, 5.74) is 7.03. The first-order valence-electron chi connectivity index (χ1n) is 5.54. The topological polar surface area (TPSA) is 30.9 Å². The third kappa shape index (κ3) is 3.18. The molecule has 0 aliphatic heterocycles. The second-order valence-electron chi connectivity index (χ2n) is 4.32. The summed E-state index contributed by atoms with van der Waals surface area (Å²) < 4.78 is 2.25. The minimum absolute atomic E-state index is 0.151. The molecule has 1 rings (SSSR count). The zero-order valence-corrected chi connectivity index (χ0v) is 9.53. The fraction of sp³-hybridized carbons (Fsp3) is 0.667. The zero-order chi connectivity index (χ0) is 10.6. The predicted molar refractivity (Wildman–Crippen MR) is 61.1 cm³/mol. The molecule has 0 aliphatic carbocycles. The number of hydrogen-bond acceptors (Lipinski definition) is 1. The van der Waals surface area contributed by atoms with Gasteiger partial charge in [0.2, 0.25) is 0 Å². The van der Waals surface area contributed by atoms with Gasteiger partial charge in [-0.2, -0.15) is 0 Å². The fourth-order valence-electron chi connectivity index (χ4n) is 1.79.